The lowest BCUT2D eigenvalue weighted by Crippen LogP contribution is -2.03. The van der Waals surface area contributed by atoms with Crippen molar-refractivity contribution in [3.05, 3.63) is 41.6 Å². The Morgan fingerprint density at radius 1 is 1.35 bits per heavy atom. The highest BCUT2D eigenvalue weighted by Crippen LogP contribution is 2.27. The molecule has 3 nitrogen and oxygen atoms in total. The maximum atomic E-state index is 12.2. The number of carbonyl (C=O) groups is 1. The maximum Gasteiger partial charge on any atom is 0.215 e. The first-order valence-corrected chi connectivity index (χ1v) is 7.13. The predicted molar refractivity (Wildman–Crippen MR) is 70.8 cm³/mol. The summed E-state index contributed by atoms with van der Waals surface area (Å²) in [5.74, 6) is 0.942. The van der Waals surface area contributed by atoms with Gasteiger partial charge in [0, 0.05) is 5.56 Å². The number of rotatable bonds is 5. The van der Waals surface area contributed by atoms with Crippen LogP contribution in [-0.4, -0.2) is 21.1 Å². The Labute approximate surface area is 108 Å². The van der Waals surface area contributed by atoms with Gasteiger partial charge in [-0.25, -0.2) is 0 Å². The minimum Gasteiger partial charge on any atom is -0.287 e. The summed E-state index contributed by atoms with van der Waals surface area (Å²) in [5.41, 5.74) is 1.15. The molecule has 1 aromatic heterocycles. The number of carbonyl (C=O) groups excluding carboxylic acids is 1. The molecule has 0 amide bonds. The van der Waals surface area contributed by atoms with Gasteiger partial charge in [0.2, 0.25) is 5.78 Å². The summed E-state index contributed by atoms with van der Waals surface area (Å²) in [6, 6.07) is 9.20. The lowest BCUT2D eigenvalue weighted by molar-refractivity contribution is 0.103. The quantitative estimate of drug-likeness (QED) is 0.614. The van der Waals surface area contributed by atoms with Crippen LogP contribution in [0, 0.1) is 0 Å². The molecule has 0 atom stereocenters. The van der Waals surface area contributed by atoms with Crippen molar-refractivity contribution in [2.75, 3.05) is 5.75 Å². The van der Waals surface area contributed by atoms with Crippen LogP contribution >= 0.6 is 23.3 Å². The van der Waals surface area contributed by atoms with Gasteiger partial charge < -0.3 is 0 Å². The molecular weight excluding hydrogens is 252 g/mol. The third-order valence-electron chi connectivity index (χ3n) is 2.15. The molecule has 2 rings (SSSR count). The summed E-state index contributed by atoms with van der Waals surface area (Å²) in [5, 5.41) is 3.94. The average molecular weight is 264 g/mol. The molecule has 0 bridgehead atoms. The van der Waals surface area contributed by atoms with Crippen LogP contribution in [0.15, 0.2) is 34.5 Å². The van der Waals surface area contributed by atoms with Crippen LogP contribution in [0.1, 0.15) is 29.4 Å². The molecule has 0 fully saturated rings. The van der Waals surface area contributed by atoms with Gasteiger partial charge >= 0.3 is 0 Å². The second-order valence-corrected chi connectivity index (χ2v) is 5.57. The molecular formula is C12H12N2OS2. The SMILES string of the molecule is CCCSc1snnc1C(=O)c1ccccc1. The molecule has 17 heavy (non-hydrogen) atoms. The highest BCUT2D eigenvalue weighted by Gasteiger charge is 2.17. The van der Waals surface area contributed by atoms with Crippen molar-refractivity contribution in [2.24, 2.45) is 0 Å². The summed E-state index contributed by atoms with van der Waals surface area (Å²) in [7, 11) is 0. The second-order valence-electron chi connectivity index (χ2n) is 3.45. The number of nitrogens with zero attached hydrogens (tertiary/aromatic N) is 2. The Hall–Kier alpha value is -1.20. The zero-order chi connectivity index (χ0) is 12.1. The summed E-state index contributed by atoms with van der Waals surface area (Å²) in [4.78, 5) is 12.2. The van der Waals surface area contributed by atoms with Gasteiger partial charge in [0.05, 0.1) is 0 Å². The minimum absolute atomic E-state index is 0.0436. The normalized spacial score (nSPS) is 10.4. The number of thioether (sulfide) groups is 1. The Balaban J connectivity index is 2.23. The van der Waals surface area contributed by atoms with Crippen LogP contribution in [-0.2, 0) is 0 Å². The van der Waals surface area contributed by atoms with Crippen molar-refractivity contribution < 1.29 is 4.79 Å². The lowest BCUT2D eigenvalue weighted by atomic mass is 10.1. The largest absolute Gasteiger partial charge is 0.287 e. The number of hydrogen-bond acceptors (Lipinski definition) is 5. The molecule has 0 N–H and O–H groups in total. The molecule has 1 heterocycles. The van der Waals surface area contributed by atoms with Crippen molar-refractivity contribution in [1.29, 1.82) is 0 Å². The first-order valence-electron chi connectivity index (χ1n) is 5.38. The highest BCUT2D eigenvalue weighted by atomic mass is 32.2. The van der Waals surface area contributed by atoms with Crippen LogP contribution in [0.4, 0.5) is 0 Å². The van der Waals surface area contributed by atoms with E-state index in [1.807, 2.05) is 18.2 Å². The van der Waals surface area contributed by atoms with E-state index in [2.05, 4.69) is 16.5 Å². The first-order chi connectivity index (χ1) is 8.33. The number of aromatic nitrogens is 2. The van der Waals surface area contributed by atoms with E-state index < -0.39 is 0 Å². The molecule has 0 saturated carbocycles. The van der Waals surface area contributed by atoms with Gasteiger partial charge in [-0.15, -0.1) is 16.9 Å². The smallest absolute Gasteiger partial charge is 0.215 e. The molecule has 0 radical (unpaired) electrons. The van der Waals surface area contributed by atoms with Crippen LogP contribution in [0.3, 0.4) is 0 Å². The van der Waals surface area contributed by atoms with Crippen molar-refractivity contribution in [3.63, 3.8) is 0 Å². The molecule has 0 aliphatic rings. The average Bonchev–Trinajstić information content (AvgIpc) is 2.84. The van der Waals surface area contributed by atoms with E-state index in [1.165, 1.54) is 11.5 Å². The van der Waals surface area contributed by atoms with E-state index in [-0.39, 0.29) is 5.78 Å². The van der Waals surface area contributed by atoms with Crippen molar-refractivity contribution >= 4 is 29.1 Å². The van der Waals surface area contributed by atoms with E-state index in [0.717, 1.165) is 16.4 Å². The first kappa shape index (κ1) is 12.3. The van der Waals surface area contributed by atoms with Gasteiger partial charge in [-0.1, -0.05) is 41.7 Å². The topological polar surface area (TPSA) is 42.9 Å². The molecule has 0 saturated heterocycles. The standard InChI is InChI=1S/C12H12N2OS2/c1-2-8-16-12-10(13-14-17-12)11(15)9-6-4-3-5-7-9/h3-7H,2,8H2,1H3. The number of benzene rings is 1. The molecule has 0 unspecified atom stereocenters. The van der Waals surface area contributed by atoms with Crippen molar-refractivity contribution in [2.45, 2.75) is 17.6 Å². The monoisotopic (exact) mass is 264 g/mol. The zero-order valence-electron chi connectivity index (χ0n) is 9.42. The van der Waals surface area contributed by atoms with Gasteiger partial charge in [0.15, 0.2) is 5.69 Å². The third-order valence-corrected chi connectivity index (χ3v) is 4.31. The van der Waals surface area contributed by atoms with E-state index in [0.29, 0.717) is 11.3 Å². The number of hydrogen-bond donors (Lipinski definition) is 0. The van der Waals surface area contributed by atoms with E-state index in [1.54, 1.807) is 23.9 Å². The van der Waals surface area contributed by atoms with Crippen LogP contribution in [0.25, 0.3) is 0 Å². The fraction of sp³-hybridized carbons (Fsp3) is 0.250. The number of ketones is 1. The molecule has 0 aliphatic carbocycles. The van der Waals surface area contributed by atoms with E-state index in [4.69, 9.17) is 0 Å². The summed E-state index contributed by atoms with van der Waals surface area (Å²) < 4.78 is 4.79. The summed E-state index contributed by atoms with van der Waals surface area (Å²) in [6.07, 6.45) is 1.07. The Morgan fingerprint density at radius 3 is 2.82 bits per heavy atom. The van der Waals surface area contributed by atoms with Crippen LogP contribution in [0.2, 0.25) is 0 Å². The van der Waals surface area contributed by atoms with Gasteiger partial charge in [-0.05, 0) is 23.7 Å². The van der Waals surface area contributed by atoms with E-state index in [9.17, 15) is 4.79 Å². The van der Waals surface area contributed by atoms with Crippen molar-refractivity contribution in [1.82, 2.24) is 9.59 Å². The Kier molecular flexibility index (Phi) is 4.28. The van der Waals surface area contributed by atoms with Gasteiger partial charge in [0.25, 0.3) is 0 Å². The molecule has 0 aliphatic heterocycles. The molecule has 5 heteroatoms. The third kappa shape index (κ3) is 2.92. The van der Waals surface area contributed by atoms with E-state index >= 15 is 0 Å². The predicted octanol–water partition coefficient (Wildman–Crippen LogP) is 3.27. The highest BCUT2D eigenvalue weighted by molar-refractivity contribution is 8.01. The zero-order valence-corrected chi connectivity index (χ0v) is 11.1. The van der Waals surface area contributed by atoms with Gasteiger partial charge in [-0.2, -0.15) is 0 Å². The molecule has 0 spiro atoms. The van der Waals surface area contributed by atoms with Gasteiger partial charge in [-0.3, -0.25) is 4.79 Å². The van der Waals surface area contributed by atoms with Crippen molar-refractivity contribution in [3.8, 4) is 0 Å². The molecule has 1 aromatic carbocycles. The minimum atomic E-state index is -0.0436. The second kappa shape index (κ2) is 5.93. The fourth-order valence-electron chi connectivity index (χ4n) is 1.34. The van der Waals surface area contributed by atoms with Gasteiger partial charge in [0.1, 0.15) is 4.21 Å². The lowest BCUT2D eigenvalue weighted by Gasteiger charge is -1.99. The molecule has 2 aromatic rings. The summed E-state index contributed by atoms with van der Waals surface area (Å²) >= 11 is 2.94. The Morgan fingerprint density at radius 2 is 2.12 bits per heavy atom. The van der Waals surface area contributed by atoms with Crippen LogP contribution in [0.5, 0.6) is 0 Å². The molecule has 88 valence electrons. The Bertz CT molecular complexity index is 496. The fourth-order valence-corrected chi connectivity index (χ4v) is 2.97. The summed E-state index contributed by atoms with van der Waals surface area (Å²) in [6.45, 7) is 2.11. The maximum absolute atomic E-state index is 12.2. The van der Waals surface area contributed by atoms with Crippen LogP contribution < -0.4 is 0 Å².